The molecule has 0 aliphatic heterocycles. The van der Waals surface area contributed by atoms with E-state index in [1.807, 2.05) is 0 Å². The molecule has 0 aliphatic carbocycles. The highest BCUT2D eigenvalue weighted by atomic mass is 28.4. The molecule has 2 nitrogen and oxygen atoms in total. The van der Waals surface area contributed by atoms with Crippen molar-refractivity contribution in [3.8, 4) is 0 Å². The van der Waals surface area contributed by atoms with Gasteiger partial charge < -0.3 is 9.53 Å². The van der Waals surface area contributed by atoms with Gasteiger partial charge in [0.15, 0.2) is 8.32 Å². The van der Waals surface area contributed by atoms with Gasteiger partial charge in [-0.05, 0) is 55.8 Å². The Hall–Kier alpha value is -0.903. The van der Waals surface area contributed by atoms with Crippen LogP contribution in [0, 0.1) is 0 Å². The lowest BCUT2D eigenvalue weighted by Gasteiger charge is -2.40. The first-order valence-electron chi connectivity index (χ1n) is 9.66. The summed E-state index contributed by atoms with van der Waals surface area (Å²) in [6, 6.07) is 10.6. The van der Waals surface area contributed by atoms with E-state index in [4.69, 9.17) is 4.43 Å². The zero-order valence-electron chi connectivity index (χ0n) is 16.9. The molecule has 0 fully saturated rings. The summed E-state index contributed by atoms with van der Waals surface area (Å²) in [7, 11) is -1.82. The molecule has 0 spiro atoms. The highest BCUT2D eigenvalue weighted by molar-refractivity contribution is 6.74. The van der Waals surface area contributed by atoms with Crippen molar-refractivity contribution in [3.63, 3.8) is 0 Å². The van der Waals surface area contributed by atoms with Crippen molar-refractivity contribution in [1.82, 2.24) is 0 Å². The Morgan fingerprint density at radius 2 is 1.80 bits per heavy atom. The molecule has 0 radical (unpaired) electrons. The van der Waals surface area contributed by atoms with Gasteiger partial charge in [0.1, 0.15) is 0 Å². The number of hydrogen-bond acceptors (Lipinski definition) is 2. The average molecular weight is 363 g/mol. The van der Waals surface area contributed by atoms with Crippen molar-refractivity contribution >= 4 is 8.32 Å². The Bertz CT molecular complexity index is 490. The molecule has 0 amide bonds. The Kier molecular flexibility index (Phi) is 9.12. The molecule has 0 aliphatic rings. The van der Waals surface area contributed by atoms with E-state index in [9.17, 15) is 5.11 Å². The van der Waals surface area contributed by atoms with Crippen LogP contribution in [0.2, 0.25) is 18.1 Å². The Morgan fingerprint density at radius 3 is 2.36 bits per heavy atom. The quantitative estimate of drug-likeness (QED) is 0.292. The fourth-order valence-corrected chi connectivity index (χ4v) is 4.16. The van der Waals surface area contributed by atoms with Gasteiger partial charge >= 0.3 is 0 Å². The molecule has 1 N–H and O–H groups in total. The predicted octanol–water partition coefficient (Wildman–Crippen LogP) is 6.12. The number of rotatable bonds is 11. The van der Waals surface area contributed by atoms with Crippen LogP contribution in [0.25, 0.3) is 0 Å². The molecule has 0 aromatic heterocycles. The molecule has 0 saturated carbocycles. The topological polar surface area (TPSA) is 29.5 Å². The monoisotopic (exact) mass is 362 g/mol. The molecular formula is C22H38O2Si. The van der Waals surface area contributed by atoms with Crippen LogP contribution in [0.4, 0.5) is 0 Å². The van der Waals surface area contributed by atoms with Crippen LogP contribution < -0.4 is 0 Å². The van der Waals surface area contributed by atoms with E-state index >= 15 is 0 Å². The summed E-state index contributed by atoms with van der Waals surface area (Å²) in [5.74, 6) is 0. The molecule has 1 aromatic rings. The third-order valence-corrected chi connectivity index (χ3v) is 9.86. The number of aliphatic hydroxyl groups is 1. The van der Waals surface area contributed by atoms with Gasteiger partial charge in [-0.15, -0.1) is 6.58 Å². The first kappa shape index (κ1) is 22.1. The first-order valence-corrected chi connectivity index (χ1v) is 12.6. The van der Waals surface area contributed by atoms with E-state index in [0.29, 0.717) is 12.8 Å². The summed E-state index contributed by atoms with van der Waals surface area (Å²) in [4.78, 5) is 0. The molecule has 0 heterocycles. The summed E-state index contributed by atoms with van der Waals surface area (Å²) in [6.45, 7) is 15.1. The minimum atomic E-state index is -1.82. The smallest absolute Gasteiger partial charge is 0.192 e. The third kappa shape index (κ3) is 8.35. The van der Waals surface area contributed by atoms with E-state index in [0.717, 1.165) is 19.3 Å². The number of hydrogen-bond donors (Lipinski definition) is 1. The van der Waals surface area contributed by atoms with Crippen molar-refractivity contribution in [2.45, 2.75) is 89.6 Å². The maximum absolute atomic E-state index is 10.2. The fourth-order valence-electron chi connectivity index (χ4n) is 2.76. The van der Waals surface area contributed by atoms with Crippen LogP contribution in [0.5, 0.6) is 0 Å². The minimum absolute atomic E-state index is 0.145. The van der Waals surface area contributed by atoms with Gasteiger partial charge in [-0.2, -0.15) is 0 Å². The zero-order chi connectivity index (χ0) is 18.9. The van der Waals surface area contributed by atoms with Gasteiger partial charge in [0, 0.05) is 6.10 Å². The van der Waals surface area contributed by atoms with Crippen molar-refractivity contribution in [1.29, 1.82) is 0 Å². The van der Waals surface area contributed by atoms with Crippen LogP contribution in [-0.4, -0.2) is 25.6 Å². The summed E-state index contributed by atoms with van der Waals surface area (Å²) < 4.78 is 6.62. The molecule has 0 bridgehead atoms. The predicted molar refractivity (Wildman–Crippen MR) is 112 cm³/mol. The molecule has 2 atom stereocenters. The second-order valence-electron chi connectivity index (χ2n) is 8.65. The van der Waals surface area contributed by atoms with Crippen LogP contribution >= 0.6 is 0 Å². The van der Waals surface area contributed by atoms with Crippen LogP contribution in [-0.2, 0) is 10.8 Å². The van der Waals surface area contributed by atoms with Crippen LogP contribution in [0.3, 0.4) is 0 Å². The summed E-state index contributed by atoms with van der Waals surface area (Å²) >= 11 is 0. The molecule has 0 saturated heterocycles. The van der Waals surface area contributed by atoms with E-state index in [1.165, 1.54) is 12.0 Å². The first-order chi connectivity index (χ1) is 11.7. The Morgan fingerprint density at radius 1 is 1.16 bits per heavy atom. The summed E-state index contributed by atoms with van der Waals surface area (Å²) in [5, 5.41) is 10.4. The second kappa shape index (κ2) is 10.3. The van der Waals surface area contributed by atoms with E-state index in [1.54, 1.807) is 6.08 Å². The van der Waals surface area contributed by atoms with Crippen molar-refractivity contribution in [3.05, 3.63) is 48.6 Å². The van der Waals surface area contributed by atoms with Gasteiger partial charge in [-0.25, -0.2) is 0 Å². The van der Waals surface area contributed by atoms with E-state index in [-0.39, 0.29) is 17.2 Å². The SMILES string of the molecule is C=CC[C@H](O)C[C@@H](CCCCc1ccccc1)O[Si](C)(C)C(C)(C)C. The lowest BCUT2D eigenvalue weighted by atomic mass is 10.0. The van der Waals surface area contributed by atoms with Gasteiger partial charge in [0.25, 0.3) is 0 Å². The number of unbranched alkanes of at least 4 members (excludes halogenated alkanes) is 1. The lowest BCUT2D eigenvalue weighted by Crippen LogP contribution is -2.44. The van der Waals surface area contributed by atoms with Gasteiger partial charge in [0.05, 0.1) is 6.10 Å². The molecular weight excluding hydrogens is 324 g/mol. The Labute approximate surface area is 156 Å². The van der Waals surface area contributed by atoms with Crippen LogP contribution in [0.15, 0.2) is 43.0 Å². The molecule has 142 valence electrons. The second-order valence-corrected chi connectivity index (χ2v) is 13.4. The standard InChI is InChI=1S/C22H38O2Si/c1-7-13-20(23)18-21(24-25(5,6)22(2,3)4)17-12-11-16-19-14-9-8-10-15-19/h7-10,14-15,20-21,23H,1,11-13,16-18H2,2-6H3/t20-,21+/m0/s1. The molecule has 3 heteroatoms. The average Bonchev–Trinajstić information content (AvgIpc) is 2.51. The molecule has 1 aromatic carbocycles. The summed E-state index contributed by atoms with van der Waals surface area (Å²) in [6.07, 6.45) is 7.38. The van der Waals surface area contributed by atoms with Crippen LogP contribution in [0.1, 0.15) is 58.4 Å². The largest absolute Gasteiger partial charge is 0.414 e. The van der Waals surface area contributed by atoms with Gasteiger partial charge in [-0.3, -0.25) is 0 Å². The van der Waals surface area contributed by atoms with Crippen molar-refractivity contribution in [2.75, 3.05) is 0 Å². The highest BCUT2D eigenvalue weighted by Gasteiger charge is 2.39. The highest BCUT2D eigenvalue weighted by Crippen LogP contribution is 2.38. The van der Waals surface area contributed by atoms with E-state index < -0.39 is 8.32 Å². The lowest BCUT2D eigenvalue weighted by molar-refractivity contribution is 0.0817. The Balaban J connectivity index is 2.56. The van der Waals surface area contributed by atoms with Gasteiger partial charge in [0.2, 0.25) is 0 Å². The molecule has 25 heavy (non-hydrogen) atoms. The molecule has 0 unspecified atom stereocenters. The minimum Gasteiger partial charge on any atom is -0.414 e. The zero-order valence-corrected chi connectivity index (χ0v) is 17.9. The van der Waals surface area contributed by atoms with E-state index in [2.05, 4.69) is 70.8 Å². The number of benzene rings is 1. The van der Waals surface area contributed by atoms with Crippen molar-refractivity contribution < 1.29 is 9.53 Å². The van der Waals surface area contributed by atoms with Crippen molar-refractivity contribution in [2.24, 2.45) is 0 Å². The maximum atomic E-state index is 10.2. The summed E-state index contributed by atoms with van der Waals surface area (Å²) in [5.41, 5.74) is 1.40. The number of aryl methyl sites for hydroxylation is 1. The number of aliphatic hydroxyl groups excluding tert-OH is 1. The normalized spacial score (nSPS) is 15.0. The maximum Gasteiger partial charge on any atom is 0.192 e. The fraction of sp³-hybridized carbons (Fsp3) is 0.636. The molecule has 1 rings (SSSR count). The third-order valence-electron chi connectivity index (χ3n) is 5.33. The van der Waals surface area contributed by atoms with Gasteiger partial charge in [-0.1, -0.05) is 63.6 Å².